The van der Waals surface area contributed by atoms with Crippen LogP contribution in [0.15, 0.2) is 28.1 Å². The predicted molar refractivity (Wildman–Crippen MR) is 72.1 cm³/mol. The lowest BCUT2D eigenvalue weighted by atomic mass is 10.3. The fourth-order valence-corrected chi connectivity index (χ4v) is 4.48. The van der Waals surface area contributed by atoms with Crippen molar-refractivity contribution in [2.24, 2.45) is 0 Å². The van der Waals surface area contributed by atoms with E-state index in [1.807, 2.05) is 0 Å². The van der Waals surface area contributed by atoms with E-state index in [2.05, 4.69) is 55.4 Å². The Hall–Kier alpha value is 0.650. The molecule has 74 valence electrons. The van der Waals surface area contributed by atoms with Crippen molar-refractivity contribution in [3.8, 4) is 0 Å². The van der Waals surface area contributed by atoms with Gasteiger partial charge in [0.25, 0.3) is 0 Å². The minimum Gasteiger partial charge on any atom is -0.147 e. The van der Waals surface area contributed by atoms with E-state index in [9.17, 15) is 0 Å². The first-order valence-electron chi connectivity index (χ1n) is 3.80. The molecule has 2 aromatic heterocycles. The molecule has 0 radical (unpaired) electrons. The molecule has 2 rings (SSSR count). The molecule has 0 bridgehead atoms. The highest BCUT2D eigenvalue weighted by atomic mass is 79.9. The van der Waals surface area contributed by atoms with Gasteiger partial charge in [-0.25, -0.2) is 0 Å². The Balaban J connectivity index is 2.32. The average Bonchev–Trinajstić information content (AvgIpc) is 2.76. The van der Waals surface area contributed by atoms with Gasteiger partial charge in [0.15, 0.2) is 0 Å². The molecular formula is C9H5Br2ClS2. The Kier molecular flexibility index (Phi) is 3.71. The van der Waals surface area contributed by atoms with Crippen LogP contribution in [-0.2, 0) is 0 Å². The van der Waals surface area contributed by atoms with Crippen LogP contribution in [0.3, 0.4) is 0 Å². The van der Waals surface area contributed by atoms with E-state index in [-0.39, 0.29) is 4.83 Å². The van der Waals surface area contributed by atoms with Gasteiger partial charge >= 0.3 is 0 Å². The lowest BCUT2D eigenvalue weighted by Gasteiger charge is -2.02. The van der Waals surface area contributed by atoms with Crippen molar-refractivity contribution in [3.05, 3.63) is 42.1 Å². The van der Waals surface area contributed by atoms with Crippen molar-refractivity contribution in [1.82, 2.24) is 0 Å². The summed E-state index contributed by atoms with van der Waals surface area (Å²) in [6, 6.07) is 6.23. The van der Waals surface area contributed by atoms with E-state index in [4.69, 9.17) is 11.6 Å². The Morgan fingerprint density at radius 2 is 2.14 bits per heavy atom. The number of halogens is 3. The molecule has 0 aliphatic heterocycles. The number of thiophene rings is 2. The zero-order chi connectivity index (χ0) is 10.1. The summed E-state index contributed by atoms with van der Waals surface area (Å²) < 4.78 is 1.78. The maximum Gasteiger partial charge on any atom is 0.107 e. The summed E-state index contributed by atoms with van der Waals surface area (Å²) in [5, 5.41) is 2.08. The maximum absolute atomic E-state index is 5.99. The van der Waals surface area contributed by atoms with Crippen molar-refractivity contribution in [2.75, 3.05) is 0 Å². The fraction of sp³-hybridized carbons (Fsp3) is 0.111. The van der Waals surface area contributed by atoms with Crippen LogP contribution >= 0.6 is 66.1 Å². The van der Waals surface area contributed by atoms with Gasteiger partial charge in [-0.15, -0.1) is 22.7 Å². The summed E-state index contributed by atoms with van der Waals surface area (Å²) in [6.07, 6.45) is 0. The first-order valence-corrected chi connectivity index (χ1v) is 7.59. The number of hydrogen-bond acceptors (Lipinski definition) is 2. The zero-order valence-corrected chi connectivity index (χ0v) is 12.4. The van der Waals surface area contributed by atoms with Gasteiger partial charge in [0.2, 0.25) is 0 Å². The molecule has 0 saturated heterocycles. The van der Waals surface area contributed by atoms with Crippen LogP contribution < -0.4 is 0 Å². The summed E-state index contributed by atoms with van der Waals surface area (Å²) in [4.78, 5) is 2.79. The molecule has 0 amide bonds. The van der Waals surface area contributed by atoms with Gasteiger partial charge in [-0.1, -0.05) is 33.6 Å². The second kappa shape index (κ2) is 4.66. The molecule has 0 aliphatic carbocycles. The van der Waals surface area contributed by atoms with Gasteiger partial charge in [0.1, 0.15) is 4.34 Å². The van der Waals surface area contributed by atoms with Crippen molar-refractivity contribution >= 4 is 66.1 Å². The van der Waals surface area contributed by atoms with Gasteiger partial charge in [-0.2, -0.15) is 0 Å². The lowest BCUT2D eigenvalue weighted by molar-refractivity contribution is 1.28. The van der Waals surface area contributed by atoms with E-state index in [0.29, 0.717) is 0 Å². The molecule has 5 heteroatoms. The van der Waals surface area contributed by atoms with Crippen molar-refractivity contribution in [3.63, 3.8) is 0 Å². The topological polar surface area (TPSA) is 0 Å². The quantitative estimate of drug-likeness (QED) is 0.592. The Morgan fingerprint density at radius 3 is 2.64 bits per heavy atom. The molecule has 2 heterocycles. The predicted octanol–water partition coefficient (Wildman–Crippen LogP) is 5.71. The molecule has 0 spiro atoms. The molecule has 1 atom stereocenters. The van der Waals surface area contributed by atoms with Gasteiger partial charge < -0.3 is 0 Å². The third-order valence-electron chi connectivity index (χ3n) is 1.71. The second-order valence-electron chi connectivity index (χ2n) is 2.65. The molecule has 0 saturated carbocycles. The fourth-order valence-electron chi connectivity index (χ4n) is 1.06. The Labute approximate surface area is 112 Å². The zero-order valence-electron chi connectivity index (χ0n) is 6.84. The van der Waals surface area contributed by atoms with Crippen LogP contribution in [0.4, 0.5) is 0 Å². The first kappa shape index (κ1) is 11.1. The molecular weight excluding hydrogens is 367 g/mol. The summed E-state index contributed by atoms with van der Waals surface area (Å²) in [7, 11) is 0. The average molecular weight is 373 g/mol. The summed E-state index contributed by atoms with van der Waals surface area (Å²) in [5.41, 5.74) is 0. The smallest absolute Gasteiger partial charge is 0.107 e. The maximum atomic E-state index is 5.99. The van der Waals surface area contributed by atoms with Crippen molar-refractivity contribution < 1.29 is 0 Å². The third-order valence-corrected chi connectivity index (χ3v) is 6.78. The van der Waals surface area contributed by atoms with E-state index in [1.54, 1.807) is 22.7 Å². The first-order chi connectivity index (χ1) is 6.68. The van der Waals surface area contributed by atoms with E-state index in [0.717, 1.165) is 8.81 Å². The van der Waals surface area contributed by atoms with Crippen LogP contribution in [0.1, 0.15) is 14.6 Å². The van der Waals surface area contributed by atoms with Crippen molar-refractivity contribution in [2.45, 2.75) is 4.83 Å². The van der Waals surface area contributed by atoms with Gasteiger partial charge in [0.05, 0.1) is 4.83 Å². The molecule has 1 unspecified atom stereocenters. The second-order valence-corrected chi connectivity index (χ2v) is 7.08. The van der Waals surface area contributed by atoms with Crippen molar-refractivity contribution in [1.29, 1.82) is 0 Å². The molecule has 0 nitrogen and oxygen atoms in total. The normalized spacial score (nSPS) is 13.1. The highest BCUT2D eigenvalue weighted by Gasteiger charge is 2.15. The van der Waals surface area contributed by atoms with Crippen LogP contribution in [0, 0.1) is 0 Å². The Morgan fingerprint density at radius 1 is 1.36 bits per heavy atom. The number of hydrogen-bond donors (Lipinski definition) is 0. The minimum absolute atomic E-state index is 0.260. The standard InChI is InChI=1S/C9H5Br2ClS2/c10-5-4-7(14-9(5)12)8(11)6-2-1-3-13-6/h1-4,8H. The molecule has 14 heavy (non-hydrogen) atoms. The minimum atomic E-state index is 0.260. The van der Waals surface area contributed by atoms with Gasteiger partial charge in [-0.05, 0) is 33.4 Å². The number of alkyl halides is 1. The highest BCUT2D eigenvalue weighted by molar-refractivity contribution is 9.10. The monoisotopic (exact) mass is 370 g/mol. The van der Waals surface area contributed by atoms with Crippen LogP contribution in [-0.4, -0.2) is 0 Å². The molecule has 2 aromatic rings. The molecule has 0 N–H and O–H groups in total. The van der Waals surface area contributed by atoms with Crippen LogP contribution in [0.25, 0.3) is 0 Å². The third kappa shape index (κ3) is 2.25. The summed E-state index contributed by atoms with van der Waals surface area (Å²) in [6.45, 7) is 0. The van der Waals surface area contributed by atoms with Crippen LogP contribution in [0.5, 0.6) is 0 Å². The molecule has 0 aromatic carbocycles. The van der Waals surface area contributed by atoms with E-state index < -0.39 is 0 Å². The molecule has 0 aliphatic rings. The van der Waals surface area contributed by atoms with Crippen LogP contribution in [0.2, 0.25) is 4.34 Å². The Bertz CT molecular complexity index is 402. The van der Waals surface area contributed by atoms with Gasteiger partial charge in [-0.3, -0.25) is 0 Å². The SMILES string of the molecule is Clc1sc(C(Br)c2cccs2)cc1Br. The van der Waals surface area contributed by atoms with E-state index in [1.165, 1.54) is 9.75 Å². The summed E-state index contributed by atoms with van der Waals surface area (Å²) >= 11 is 16.4. The largest absolute Gasteiger partial charge is 0.147 e. The highest BCUT2D eigenvalue weighted by Crippen LogP contribution is 2.42. The molecule has 0 fully saturated rings. The summed E-state index contributed by atoms with van der Waals surface area (Å²) in [5.74, 6) is 0. The van der Waals surface area contributed by atoms with E-state index >= 15 is 0 Å². The number of rotatable bonds is 2. The lowest BCUT2D eigenvalue weighted by Crippen LogP contribution is -1.83. The van der Waals surface area contributed by atoms with Gasteiger partial charge in [0, 0.05) is 14.2 Å².